The third-order valence-corrected chi connectivity index (χ3v) is 7.67. The van der Waals surface area contributed by atoms with Gasteiger partial charge < -0.3 is 0 Å². The van der Waals surface area contributed by atoms with E-state index in [1.165, 1.54) is 26.5 Å². The first kappa shape index (κ1) is 17.0. The van der Waals surface area contributed by atoms with Crippen LogP contribution >= 0.6 is 23.1 Å². The van der Waals surface area contributed by atoms with Gasteiger partial charge in [-0.15, -0.1) is 10.2 Å². The van der Waals surface area contributed by atoms with Crippen LogP contribution in [0.5, 0.6) is 0 Å². The SMILES string of the molecule is CC1(C)c2ccccc2Sc2ccc(-c3nnc(C4C=CC=CC4)s3)cc21. The highest BCUT2D eigenvalue weighted by molar-refractivity contribution is 7.99. The van der Waals surface area contributed by atoms with E-state index in [9.17, 15) is 0 Å². The van der Waals surface area contributed by atoms with Crippen molar-refractivity contribution < 1.29 is 0 Å². The summed E-state index contributed by atoms with van der Waals surface area (Å²) in [5.41, 5.74) is 3.93. The standard InChI is InChI=1S/C23H20N2S2/c1-23(2)17-10-6-7-11-19(17)26-20-13-12-16(14-18(20)23)22-25-24-21(27-22)15-8-4-3-5-9-15/h3-8,10-15H,9H2,1-2H3. The fourth-order valence-corrected chi connectivity index (χ4v) is 6.15. The van der Waals surface area contributed by atoms with Crippen LogP contribution < -0.4 is 0 Å². The van der Waals surface area contributed by atoms with Crippen molar-refractivity contribution >= 4 is 23.1 Å². The molecule has 0 saturated heterocycles. The van der Waals surface area contributed by atoms with E-state index in [4.69, 9.17) is 0 Å². The van der Waals surface area contributed by atoms with Crippen LogP contribution in [0.4, 0.5) is 0 Å². The lowest BCUT2D eigenvalue weighted by Gasteiger charge is -2.34. The molecular weight excluding hydrogens is 368 g/mol. The van der Waals surface area contributed by atoms with Crippen LogP contribution in [-0.2, 0) is 5.41 Å². The Morgan fingerprint density at radius 3 is 2.67 bits per heavy atom. The molecule has 0 bridgehead atoms. The second-order valence-corrected chi connectivity index (χ2v) is 9.63. The summed E-state index contributed by atoms with van der Waals surface area (Å²) >= 11 is 3.58. The molecular formula is C23H20N2S2. The Balaban J connectivity index is 1.53. The summed E-state index contributed by atoms with van der Waals surface area (Å²) in [6.07, 6.45) is 9.62. The Labute approximate surface area is 168 Å². The lowest BCUT2D eigenvalue weighted by Crippen LogP contribution is -2.23. The van der Waals surface area contributed by atoms with Crippen LogP contribution in [0.25, 0.3) is 10.6 Å². The number of rotatable bonds is 2. The molecule has 2 aromatic carbocycles. The van der Waals surface area contributed by atoms with Crippen molar-refractivity contribution in [1.29, 1.82) is 0 Å². The molecule has 1 atom stereocenters. The summed E-state index contributed by atoms with van der Waals surface area (Å²) in [6.45, 7) is 4.64. The maximum atomic E-state index is 4.51. The molecule has 1 unspecified atom stereocenters. The van der Waals surface area contributed by atoms with Crippen LogP contribution in [0.15, 0.2) is 76.6 Å². The van der Waals surface area contributed by atoms with Gasteiger partial charge in [-0.1, -0.05) is 85.5 Å². The Bertz CT molecular complexity index is 1080. The molecule has 2 aliphatic rings. The van der Waals surface area contributed by atoms with Crippen LogP contribution in [0.2, 0.25) is 0 Å². The molecule has 0 fully saturated rings. The second-order valence-electron chi connectivity index (χ2n) is 7.53. The van der Waals surface area contributed by atoms with Gasteiger partial charge in [0.15, 0.2) is 0 Å². The summed E-state index contributed by atoms with van der Waals surface area (Å²) in [7, 11) is 0. The molecule has 4 heteroatoms. The van der Waals surface area contributed by atoms with E-state index in [0.717, 1.165) is 16.4 Å². The minimum atomic E-state index is -0.0163. The molecule has 0 spiro atoms. The Morgan fingerprint density at radius 2 is 1.81 bits per heavy atom. The second kappa shape index (κ2) is 6.47. The Morgan fingerprint density at radius 1 is 0.963 bits per heavy atom. The smallest absolute Gasteiger partial charge is 0.143 e. The molecule has 0 amide bonds. The fourth-order valence-electron chi connectivity index (χ4n) is 3.84. The monoisotopic (exact) mass is 388 g/mol. The van der Waals surface area contributed by atoms with Crippen LogP contribution in [-0.4, -0.2) is 10.2 Å². The normalized spacial score (nSPS) is 19.6. The van der Waals surface area contributed by atoms with E-state index in [2.05, 4.69) is 90.8 Å². The number of hydrogen-bond donors (Lipinski definition) is 0. The quantitative estimate of drug-likeness (QED) is 0.495. The van der Waals surface area contributed by atoms with Crippen molar-refractivity contribution in [3.63, 3.8) is 0 Å². The van der Waals surface area contributed by atoms with Gasteiger partial charge in [-0.3, -0.25) is 0 Å². The first-order chi connectivity index (χ1) is 13.1. The van der Waals surface area contributed by atoms with E-state index in [0.29, 0.717) is 5.92 Å². The maximum absolute atomic E-state index is 4.51. The summed E-state index contributed by atoms with van der Waals surface area (Å²) in [5, 5.41) is 11.1. The fraction of sp³-hybridized carbons (Fsp3) is 0.217. The van der Waals surface area contributed by atoms with E-state index < -0.39 is 0 Å². The largest absolute Gasteiger partial charge is 0.147 e. The molecule has 1 aliphatic heterocycles. The summed E-state index contributed by atoms with van der Waals surface area (Å²) in [6, 6.07) is 15.5. The first-order valence-electron chi connectivity index (χ1n) is 9.22. The van der Waals surface area contributed by atoms with Gasteiger partial charge in [0.25, 0.3) is 0 Å². The third-order valence-electron chi connectivity index (χ3n) is 5.42. The molecule has 1 aliphatic carbocycles. The molecule has 3 aromatic rings. The van der Waals surface area contributed by atoms with Crippen molar-refractivity contribution in [3.05, 3.63) is 82.9 Å². The van der Waals surface area contributed by atoms with Gasteiger partial charge in [-0.25, -0.2) is 0 Å². The zero-order valence-electron chi connectivity index (χ0n) is 15.3. The number of fused-ring (bicyclic) bond motifs is 2. The van der Waals surface area contributed by atoms with Crippen molar-refractivity contribution in [2.45, 2.75) is 41.4 Å². The molecule has 0 radical (unpaired) electrons. The topological polar surface area (TPSA) is 25.8 Å². The summed E-state index contributed by atoms with van der Waals surface area (Å²) in [4.78, 5) is 2.70. The highest BCUT2D eigenvalue weighted by Crippen LogP contribution is 2.49. The molecule has 2 heterocycles. The molecule has 1 aromatic heterocycles. The average Bonchev–Trinajstić information content (AvgIpc) is 3.19. The number of allylic oxidation sites excluding steroid dienone is 4. The van der Waals surface area contributed by atoms with Gasteiger partial charge in [-0.2, -0.15) is 0 Å². The molecule has 5 rings (SSSR count). The minimum Gasteiger partial charge on any atom is -0.143 e. The van der Waals surface area contributed by atoms with Crippen LogP contribution in [0.1, 0.15) is 42.3 Å². The minimum absolute atomic E-state index is 0.0163. The summed E-state index contributed by atoms with van der Waals surface area (Å²) < 4.78 is 0. The van der Waals surface area contributed by atoms with Gasteiger partial charge in [0.05, 0.1) is 0 Å². The number of aromatic nitrogens is 2. The number of benzene rings is 2. The first-order valence-corrected chi connectivity index (χ1v) is 10.9. The van der Waals surface area contributed by atoms with Gasteiger partial charge in [0.1, 0.15) is 10.0 Å². The van der Waals surface area contributed by atoms with Crippen molar-refractivity contribution in [2.24, 2.45) is 0 Å². The lowest BCUT2D eigenvalue weighted by atomic mass is 9.77. The highest BCUT2D eigenvalue weighted by Gasteiger charge is 2.33. The predicted octanol–water partition coefficient (Wildman–Crippen LogP) is 6.60. The van der Waals surface area contributed by atoms with Crippen molar-refractivity contribution in [3.8, 4) is 10.6 Å². The molecule has 2 nitrogen and oxygen atoms in total. The van der Waals surface area contributed by atoms with E-state index in [1.807, 2.05) is 11.8 Å². The Kier molecular flexibility index (Phi) is 4.06. The van der Waals surface area contributed by atoms with E-state index in [1.54, 1.807) is 11.3 Å². The highest BCUT2D eigenvalue weighted by atomic mass is 32.2. The average molecular weight is 389 g/mol. The van der Waals surface area contributed by atoms with E-state index >= 15 is 0 Å². The van der Waals surface area contributed by atoms with Crippen LogP contribution in [0.3, 0.4) is 0 Å². The number of nitrogens with zero attached hydrogens (tertiary/aromatic N) is 2. The van der Waals surface area contributed by atoms with Gasteiger partial charge in [-0.05, 0) is 35.7 Å². The predicted molar refractivity (Wildman–Crippen MR) is 114 cm³/mol. The van der Waals surface area contributed by atoms with Crippen LogP contribution in [0, 0.1) is 0 Å². The zero-order chi connectivity index (χ0) is 18.4. The molecule has 27 heavy (non-hydrogen) atoms. The molecule has 0 saturated carbocycles. The van der Waals surface area contributed by atoms with Crippen molar-refractivity contribution in [1.82, 2.24) is 10.2 Å². The molecule has 134 valence electrons. The lowest BCUT2D eigenvalue weighted by molar-refractivity contribution is 0.607. The third kappa shape index (κ3) is 2.88. The van der Waals surface area contributed by atoms with Gasteiger partial charge in [0, 0.05) is 26.7 Å². The molecule has 0 N–H and O–H groups in total. The number of hydrogen-bond acceptors (Lipinski definition) is 4. The van der Waals surface area contributed by atoms with Gasteiger partial charge >= 0.3 is 0 Å². The van der Waals surface area contributed by atoms with Crippen molar-refractivity contribution in [2.75, 3.05) is 0 Å². The Hall–Kier alpha value is -2.17. The van der Waals surface area contributed by atoms with E-state index in [-0.39, 0.29) is 5.41 Å². The summed E-state index contributed by atoms with van der Waals surface area (Å²) in [5.74, 6) is 0.359. The maximum Gasteiger partial charge on any atom is 0.147 e. The van der Waals surface area contributed by atoms with Gasteiger partial charge in [0.2, 0.25) is 0 Å². The zero-order valence-corrected chi connectivity index (χ0v) is 17.0.